The van der Waals surface area contributed by atoms with Crippen molar-refractivity contribution in [3.63, 3.8) is 0 Å². The Balaban J connectivity index is 2.08. The summed E-state index contributed by atoms with van der Waals surface area (Å²) >= 11 is 0. The molecule has 1 nitrogen and oxygen atoms in total. The van der Waals surface area contributed by atoms with E-state index >= 15 is 0 Å². The van der Waals surface area contributed by atoms with E-state index in [1.54, 1.807) is 6.07 Å². The van der Waals surface area contributed by atoms with E-state index < -0.39 is 17.2 Å². The minimum absolute atomic E-state index is 0.293. The van der Waals surface area contributed by atoms with Gasteiger partial charge in [-0.15, -0.1) is 0 Å². The van der Waals surface area contributed by atoms with Crippen molar-refractivity contribution in [2.75, 3.05) is 0 Å². The molecule has 2 rings (SSSR count). The zero-order valence-corrected chi connectivity index (χ0v) is 13.5. The lowest BCUT2D eigenvalue weighted by Gasteiger charge is -2.06. The molecule has 0 N–H and O–H groups in total. The molecular formula is C20H18F3N. The van der Waals surface area contributed by atoms with Crippen molar-refractivity contribution < 1.29 is 13.2 Å². The molecule has 0 saturated heterocycles. The van der Waals surface area contributed by atoms with Crippen molar-refractivity contribution in [2.24, 2.45) is 0 Å². The average Bonchev–Trinajstić information content (AvgIpc) is 2.54. The van der Waals surface area contributed by atoms with Crippen LogP contribution in [0.2, 0.25) is 0 Å². The van der Waals surface area contributed by atoms with Crippen LogP contribution >= 0.6 is 0 Å². The summed E-state index contributed by atoms with van der Waals surface area (Å²) in [7, 11) is 0. The topological polar surface area (TPSA) is 23.8 Å². The van der Waals surface area contributed by atoms with E-state index in [9.17, 15) is 13.2 Å². The zero-order valence-electron chi connectivity index (χ0n) is 13.5. The van der Waals surface area contributed by atoms with Crippen LogP contribution in [0, 0.1) is 28.8 Å². The van der Waals surface area contributed by atoms with Crippen LogP contribution in [0.3, 0.4) is 0 Å². The molecule has 24 heavy (non-hydrogen) atoms. The van der Waals surface area contributed by atoms with Crippen molar-refractivity contribution in [2.45, 2.75) is 32.6 Å². The monoisotopic (exact) mass is 329 g/mol. The Morgan fingerprint density at radius 1 is 1.00 bits per heavy atom. The normalized spacial score (nSPS) is 11.0. The second-order valence-electron chi connectivity index (χ2n) is 5.59. The molecule has 0 aliphatic carbocycles. The highest BCUT2D eigenvalue weighted by molar-refractivity contribution is 5.50. The maximum atomic E-state index is 14.1. The van der Waals surface area contributed by atoms with Gasteiger partial charge in [0.15, 0.2) is 0 Å². The third-order valence-corrected chi connectivity index (χ3v) is 3.74. The van der Waals surface area contributed by atoms with Crippen LogP contribution in [0.4, 0.5) is 13.2 Å². The fraction of sp³-hybridized carbons (Fsp3) is 0.250. The van der Waals surface area contributed by atoms with E-state index in [1.807, 2.05) is 18.2 Å². The number of allylic oxidation sites excluding steroid dienone is 1. The van der Waals surface area contributed by atoms with Crippen molar-refractivity contribution in [1.29, 1.82) is 5.26 Å². The minimum Gasteiger partial charge on any atom is -0.207 e. The zero-order chi connectivity index (χ0) is 17.5. The number of nitriles is 1. The molecule has 4 heteroatoms. The van der Waals surface area contributed by atoms with E-state index in [0.717, 1.165) is 30.5 Å². The van der Waals surface area contributed by atoms with Crippen LogP contribution in [0.5, 0.6) is 0 Å². The Morgan fingerprint density at radius 2 is 1.71 bits per heavy atom. The van der Waals surface area contributed by atoms with Crippen molar-refractivity contribution in [3.05, 3.63) is 76.1 Å². The molecule has 2 aromatic carbocycles. The van der Waals surface area contributed by atoms with Crippen LogP contribution in [0.1, 0.15) is 42.0 Å². The highest BCUT2D eigenvalue weighted by atomic mass is 19.1. The highest BCUT2D eigenvalue weighted by Crippen LogP contribution is 2.18. The largest absolute Gasteiger partial charge is 0.207 e. The van der Waals surface area contributed by atoms with Gasteiger partial charge in [0.25, 0.3) is 0 Å². The van der Waals surface area contributed by atoms with E-state index in [4.69, 9.17) is 5.26 Å². The molecule has 0 bridgehead atoms. The van der Waals surface area contributed by atoms with Gasteiger partial charge in [0.05, 0.1) is 0 Å². The lowest BCUT2D eigenvalue weighted by Crippen LogP contribution is -1.99. The molecule has 0 radical (unpaired) electrons. The highest BCUT2D eigenvalue weighted by Gasteiger charge is 2.11. The van der Waals surface area contributed by atoms with E-state index in [-0.39, 0.29) is 5.82 Å². The number of nitrogens with zero attached hydrogens (tertiary/aromatic N) is 1. The predicted molar refractivity (Wildman–Crippen MR) is 88.8 cm³/mol. The predicted octanol–water partition coefficient (Wildman–Crippen LogP) is 5.57. The maximum absolute atomic E-state index is 14.1. The van der Waals surface area contributed by atoms with Crippen LogP contribution < -0.4 is 0 Å². The molecule has 124 valence electrons. The Morgan fingerprint density at radius 3 is 2.29 bits per heavy atom. The quantitative estimate of drug-likeness (QED) is 0.679. The SMILES string of the molecule is CCC/C=C/c1ccc(CCc2cc(F)c(C#N)c(F)c2)c(F)c1. The van der Waals surface area contributed by atoms with Crippen molar-refractivity contribution in [3.8, 4) is 6.07 Å². The van der Waals surface area contributed by atoms with E-state index in [1.165, 1.54) is 12.1 Å². The van der Waals surface area contributed by atoms with Gasteiger partial charge >= 0.3 is 0 Å². The lowest BCUT2D eigenvalue weighted by molar-refractivity contribution is 0.572. The van der Waals surface area contributed by atoms with Gasteiger partial charge in [-0.25, -0.2) is 13.2 Å². The van der Waals surface area contributed by atoms with E-state index in [2.05, 4.69) is 6.92 Å². The minimum atomic E-state index is -0.885. The number of unbranched alkanes of at least 4 members (excludes halogenated alkanes) is 1. The third-order valence-electron chi connectivity index (χ3n) is 3.74. The van der Waals surface area contributed by atoms with Crippen LogP contribution in [-0.2, 0) is 12.8 Å². The Kier molecular flexibility index (Phi) is 6.20. The first-order chi connectivity index (χ1) is 11.5. The van der Waals surface area contributed by atoms with Gasteiger partial charge < -0.3 is 0 Å². The second-order valence-corrected chi connectivity index (χ2v) is 5.59. The average molecular weight is 329 g/mol. The molecule has 0 aromatic heterocycles. The summed E-state index contributed by atoms with van der Waals surface area (Å²) in [5.74, 6) is -2.10. The lowest BCUT2D eigenvalue weighted by atomic mass is 10.0. The van der Waals surface area contributed by atoms with Gasteiger partial charge in [0.1, 0.15) is 29.1 Å². The summed E-state index contributed by atoms with van der Waals surface area (Å²) in [5.41, 5.74) is 1.09. The number of rotatable bonds is 6. The standard InChI is InChI=1S/C20H18F3N/c1-2-3-4-5-14-6-8-16(18(21)10-14)9-7-15-11-19(22)17(13-24)20(23)12-15/h4-6,8,10-12H,2-3,7,9H2,1H3/b5-4+. The second kappa shape index (κ2) is 8.35. The summed E-state index contributed by atoms with van der Waals surface area (Å²) in [6.07, 6.45) is 6.48. The third kappa shape index (κ3) is 4.48. The van der Waals surface area contributed by atoms with Gasteiger partial charge in [0, 0.05) is 0 Å². The van der Waals surface area contributed by atoms with E-state index in [0.29, 0.717) is 24.0 Å². The maximum Gasteiger partial charge on any atom is 0.144 e. The first-order valence-electron chi connectivity index (χ1n) is 7.88. The molecule has 0 amide bonds. The molecule has 0 spiro atoms. The fourth-order valence-electron chi connectivity index (χ4n) is 2.41. The summed E-state index contributed by atoms with van der Waals surface area (Å²) in [4.78, 5) is 0. The molecule has 0 fully saturated rings. The number of aryl methyl sites for hydroxylation is 2. The smallest absolute Gasteiger partial charge is 0.144 e. The van der Waals surface area contributed by atoms with Crippen LogP contribution in [-0.4, -0.2) is 0 Å². The molecule has 0 aliphatic heterocycles. The van der Waals surface area contributed by atoms with Gasteiger partial charge in [-0.05, 0) is 54.2 Å². The number of hydrogen-bond acceptors (Lipinski definition) is 1. The number of hydrogen-bond donors (Lipinski definition) is 0. The first-order valence-corrected chi connectivity index (χ1v) is 7.88. The first kappa shape index (κ1) is 17.8. The van der Waals surface area contributed by atoms with Crippen molar-refractivity contribution >= 4 is 6.08 Å². The molecule has 0 heterocycles. The van der Waals surface area contributed by atoms with Gasteiger partial charge in [0.2, 0.25) is 0 Å². The van der Waals surface area contributed by atoms with Gasteiger partial charge in [-0.2, -0.15) is 5.26 Å². The van der Waals surface area contributed by atoms with Gasteiger partial charge in [-0.3, -0.25) is 0 Å². The van der Waals surface area contributed by atoms with Crippen LogP contribution in [0.15, 0.2) is 36.4 Å². The summed E-state index contributed by atoms with van der Waals surface area (Å²) in [6, 6.07) is 8.71. The Hall–Kier alpha value is -2.54. The van der Waals surface area contributed by atoms with Gasteiger partial charge in [-0.1, -0.05) is 37.6 Å². The fourth-order valence-corrected chi connectivity index (χ4v) is 2.41. The molecule has 0 saturated carbocycles. The molecule has 0 aliphatic rings. The number of halogens is 3. The molecule has 2 aromatic rings. The molecule has 0 atom stereocenters. The summed E-state index contributed by atoms with van der Waals surface area (Å²) in [5, 5.41) is 8.65. The van der Waals surface area contributed by atoms with Crippen LogP contribution in [0.25, 0.3) is 6.08 Å². The Labute approximate surface area is 140 Å². The van der Waals surface area contributed by atoms with Crippen molar-refractivity contribution in [1.82, 2.24) is 0 Å². The number of benzene rings is 2. The summed E-state index contributed by atoms with van der Waals surface area (Å²) in [6.45, 7) is 2.07. The Bertz CT molecular complexity index is 765. The summed E-state index contributed by atoms with van der Waals surface area (Å²) < 4.78 is 41.3. The molecule has 0 unspecified atom stereocenters. The molecular weight excluding hydrogens is 311 g/mol.